The Morgan fingerprint density at radius 3 is 2.59 bits per heavy atom. The summed E-state index contributed by atoms with van der Waals surface area (Å²) < 4.78 is 4.99. The fourth-order valence-corrected chi connectivity index (χ4v) is 5.45. The number of piperidine rings is 1. The molecule has 2 aromatic heterocycles. The molecule has 0 spiro atoms. The van der Waals surface area contributed by atoms with E-state index in [1.807, 2.05) is 28.8 Å². The fraction of sp³-hybridized carbons (Fsp3) is 0.308. The lowest BCUT2D eigenvalue weighted by molar-refractivity contribution is 0.0969. The molecule has 1 aliphatic heterocycles. The Kier molecular flexibility index (Phi) is 7.06. The summed E-state index contributed by atoms with van der Waals surface area (Å²) >= 11 is 9.79. The number of ketones is 1. The molecule has 2 aromatic carbocycles. The molecular weight excluding hydrogens is 560 g/mol. The summed E-state index contributed by atoms with van der Waals surface area (Å²) in [4.78, 5) is 47.0. The van der Waals surface area contributed by atoms with Crippen molar-refractivity contribution in [2.75, 3.05) is 18.0 Å². The summed E-state index contributed by atoms with van der Waals surface area (Å²) in [6, 6.07) is 14.3. The van der Waals surface area contributed by atoms with Crippen LogP contribution in [0.15, 0.2) is 62.6 Å². The molecule has 9 nitrogen and oxygen atoms in total. The van der Waals surface area contributed by atoms with Gasteiger partial charge in [0.25, 0.3) is 5.56 Å². The van der Waals surface area contributed by atoms with Gasteiger partial charge in [0.15, 0.2) is 16.9 Å². The average Bonchev–Trinajstić information content (AvgIpc) is 3.26. The van der Waals surface area contributed by atoms with Crippen molar-refractivity contribution < 1.29 is 4.79 Å². The molecule has 2 N–H and O–H groups in total. The van der Waals surface area contributed by atoms with E-state index in [1.165, 1.54) is 4.57 Å². The van der Waals surface area contributed by atoms with Gasteiger partial charge in [-0.15, -0.1) is 0 Å². The number of carbonyl (C=O) groups excluding carboxylic acids is 1. The number of hydrogen-bond donors (Lipinski definition) is 1. The van der Waals surface area contributed by atoms with Gasteiger partial charge in [-0.05, 0) is 36.6 Å². The number of aryl methyl sites for hydroxylation is 1. The maximum absolute atomic E-state index is 13.9. The van der Waals surface area contributed by atoms with E-state index in [-0.39, 0.29) is 27.8 Å². The largest absolute Gasteiger partial charge is 0.341 e. The van der Waals surface area contributed by atoms with Crippen molar-refractivity contribution in [3.05, 3.63) is 90.0 Å². The highest BCUT2D eigenvalue weighted by Crippen LogP contribution is 2.26. The first-order valence-corrected chi connectivity index (χ1v) is 13.1. The SMILES string of the molecule is Cn1c(=O)n(CC(=O)c2ccccc2Cl)c(=O)c2c1nc(N1CCCC(N)C1)n2Cc1ccccc1Br. The Bertz CT molecular complexity index is 1630. The van der Waals surface area contributed by atoms with Crippen molar-refractivity contribution >= 4 is 50.4 Å². The van der Waals surface area contributed by atoms with Crippen molar-refractivity contribution in [1.29, 1.82) is 0 Å². The van der Waals surface area contributed by atoms with E-state index >= 15 is 0 Å². The normalized spacial score (nSPS) is 15.9. The Labute approximate surface area is 226 Å². The molecule has 0 bridgehead atoms. The first kappa shape index (κ1) is 25.4. The van der Waals surface area contributed by atoms with Gasteiger partial charge in [0.2, 0.25) is 5.95 Å². The summed E-state index contributed by atoms with van der Waals surface area (Å²) in [7, 11) is 1.56. The van der Waals surface area contributed by atoms with Gasteiger partial charge in [0.1, 0.15) is 0 Å². The molecule has 11 heteroatoms. The predicted octanol–water partition coefficient (Wildman–Crippen LogP) is 3.17. The van der Waals surface area contributed by atoms with E-state index in [0.717, 1.165) is 34.0 Å². The standard InChI is InChI=1S/C26H26BrClN6O3/c1-31-23-22(24(36)34(26(31)37)15-21(35)18-9-3-5-11-20(18)28)33(13-16-7-2-4-10-19(16)27)25(30-23)32-12-6-8-17(29)14-32/h2-5,7,9-11,17H,6,8,12-15,29H2,1H3. The lowest BCUT2D eigenvalue weighted by atomic mass is 10.1. The molecule has 1 fully saturated rings. The summed E-state index contributed by atoms with van der Waals surface area (Å²) in [5.41, 5.74) is 6.76. The van der Waals surface area contributed by atoms with Gasteiger partial charge >= 0.3 is 5.69 Å². The van der Waals surface area contributed by atoms with Crippen molar-refractivity contribution in [3.63, 3.8) is 0 Å². The van der Waals surface area contributed by atoms with Gasteiger partial charge in [-0.25, -0.2) is 4.79 Å². The van der Waals surface area contributed by atoms with Crippen LogP contribution in [-0.4, -0.2) is 43.6 Å². The highest BCUT2D eigenvalue weighted by Gasteiger charge is 2.27. The molecule has 5 rings (SSSR count). The number of carbonyl (C=O) groups is 1. The number of nitrogens with zero attached hydrogens (tertiary/aromatic N) is 5. The second kappa shape index (κ2) is 10.3. The zero-order valence-corrected chi connectivity index (χ0v) is 22.6. The van der Waals surface area contributed by atoms with Crippen LogP contribution >= 0.6 is 27.5 Å². The molecule has 1 unspecified atom stereocenters. The van der Waals surface area contributed by atoms with Crippen LogP contribution in [0.3, 0.4) is 0 Å². The van der Waals surface area contributed by atoms with Crippen LogP contribution in [0.2, 0.25) is 5.02 Å². The molecule has 4 aromatic rings. The summed E-state index contributed by atoms with van der Waals surface area (Å²) in [5.74, 6) is 0.145. The molecule has 0 saturated carbocycles. The molecule has 1 aliphatic rings. The van der Waals surface area contributed by atoms with E-state index in [1.54, 1.807) is 31.3 Å². The zero-order chi connectivity index (χ0) is 26.3. The number of Topliss-reactive ketones (excluding diaryl/α,β-unsaturated/α-hetero) is 1. The predicted molar refractivity (Wildman–Crippen MR) is 148 cm³/mol. The Morgan fingerprint density at radius 1 is 1.14 bits per heavy atom. The van der Waals surface area contributed by atoms with Crippen LogP contribution in [0.4, 0.5) is 5.95 Å². The molecule has 1 saturated heterocycles. The molecule has 192 valence electrons. The van der Waals surface area contributed by atoms with Crippen molar-refractivity contribution in [2.24, 2.45) is 12.8 Å². The molecule has 0 aliphatic carbocycles. The molecule has 3 heterocycles. The third kappa shape index (κ3) is 4.76. The Hall–Kier alpha value is -3.21. The average molecular weight is 586 g/mol. The Balaban J connectivity index is 1.70. The van der Waals surface area contributed by atoms with Crippen LogP contribution in [0.1, 0.15) is 28.8 Å². The summed E-state index contributed by atoms with van der Waals surface area (Å²) in [6.07, 6.45) is 1.81. The number of benzene rings is 2. The number of anilines is 1. The second-order valence-corrected chi connectivity index (χ2v) is 10.5. The minimum atomic E-state index is -0.620. The third-order valence-electron chi connectivity index (χ3n) is 6.72. The van der Waals surface area contributed by atoms with Crippen molar-refractivity contribution in [3.8, 4) is 0 Å². The van der Waals surface area contributed by atoms with Crippen LogP contribution in [0.25, 0.3) is 11.2 Å². The number of nitrogens with two attached hydrogens (primary N) is 1. The van der Waals surface area contributed by atoms with Crippen molar-refractivity contribution in [2.45, 2.75) is 32.0 Å². The quantitative estimate of drug-likeness (QED) is 0.348. The lowest BCUT2D eigenvalue weighted by Gasteiger charge is -2.32. The number of hydrogen-bond acceptors (Lipinski definition) is 6. The van der Waals surface area contributed by atoms with E-state index in [2.05, 4.69) is 20.8 Å². The maximum atomic E-state index is 13.9. The number of imidazole rings is 1. The molecule has 0 radical (unpaired) electrons. The summed E-state index contributed by atoms with van der Waals surface area (Å²) in [5, 5.41) is 0.265. The van der Waals surface area contributed by atoms with E-state index in [9.17, 15) is 14.4 Å². The second-order valence-electron chi connectivity index (χ2n) is 9.25. The number of fused-ring (bicyclic) bond motifs is 1. The first-order valence-electron chi connectivity index (χ1n) is 12.0. The van der Waals surface area contributed by atoms with E-state index in [0.29, 0.717) is 19.0 Å². The lowest BCUT2D eigenvalue weighted by Crippen LogP contribution is -2.44. The zero-order valence-electron chi connectivity index (χ0n) is 20.2. The monoisotopic (exact) mass is 584 g/mol. The van der Waals surface area contributed by atoms with Gasteiger partial charge in [-0.3, -0.25) is 23.3 Å². The maximum Gasteiger partial charge on any atom is 0.332 e. The van der Waals surface area contributed by atoms with Gasteiger partial charge in [0.05, 0.1) is 18.1 Å². The Morgan fingerprint density at radius 2 is 1.86 bits per heavy atom. The molecular formula is C26H26BrClN6O3. The molecule has 1 atom stereocenters. The van der Waals surface area contributed by atoms with Crippen LogP contribution in [0.5, 0.6) is 0 Å². The van der Waals surface area contributed by atoms with Gasteiger partial charge < -0.3 is 10.6 Å². The smallest absolute Gasteiger partial charge is 0.332 e. The molecule has 37 heavy (non-hydrogen) atoms. The van der Waals surface area contributed by atoms with Crippen LogP contribution in [0, 0.1) is 0 Å². The fourth-order valence-electron chi connectivity index (χ4n) is 4.80. The number of halogens is 2. The topological polar surface area (TPSA) is 108 Å². The minimum absolute atomic E-state index is 0.0146. The summed E-state index contributed by atoms with van der Waals surface area (Å²) in [6.45, 7) is 1.23. The van der Waals surface area contributed by atoms with E-state index < -0.39 is 23.6 Å². The highest BCUT2D eigenvalue weighted by molar-refractivity contribution is 9.10. The van der Waals surface area contributed by atoms with Gasteiger partial charge in [-0.1, -0.05) is 57.9 Å². The van der Waals surface area contributed by atoms with Gasteiger partial charge in [-0.2, -0.15) is 4.98 Å². The third-order valence-corrected chi connectivity index (χ3v) is 7.82. The first-order chi connectivity index (χ1) is 17.8. The van der Waals surface area contributed by atoms with Crippen LogP contribution < -0.4 is 21.9 Å². The van der Waals surface area contributed by atoms with Crippen molar-refractivity contribution in [1.82, 2.24) is 18.7 Å². The van der Waals surface area contributed by atoms with Gasteiger partial charge in [0, 0.05) is 36.2 Å². The number of rotatable bonds is 6. The number of aromatic nitrogens is 4. The molecule has 0 amide bonds. The van der Waals surface area contributed by atoms with E-state index in [4.69, 9.17) is 22.3 Å². The highest BCUT2D eigenvalue weighted by atomic mass is 79.9. The minimum Gasteiger partial charge on any atom is -0.341 e. The van der Waals surface area contributed by atoms with Crippen LogP contribution in [-0.2, 0) is 20.1 Å².